The first-order valence-electron chi connectivity index (χ1n) is 4.76. The van der Waals surface area contributed by atoms with Crippen LogP contribution in [0.2, 0.25) is 0 Å². The van der Waals surface area contributed by atoms with E-state index in [1.54, 1.807) is 0 Å². The summed E-state index contributed by atoms with van der Waals surface area (Å²) >= 11 is 0. The second-order valence-corrected chi connectivity index (χ2v) is 5.25. The van der Waals surface area contributed by atoms with Gasteiger partial charge in [0, 0.05) is 5.41 Å². The van der Waals surface area contributed by atoms with E-state index in [2.05, 4.69) is 27.7 Å². The van der Waals surface area contributed by atoms with E-state index in [1.165, 1.54) is 12.0 Å². The van der Waals surface area contributed by atoms with Gasteiger partial charge in [0.2, 0.25) is 0 Å². The van der Waals surface area contributed by atoms with Crippen molar-refractivity contribution in [3.05, 3.63) is 11.6 Å². The van der Waals surface area contributed by atoms with Gasteiger partial charge < -0.3 is 5.11 Å². The molecule has 0 saturated heterocycles. The van der Waals surface area contributed by atoms with E-state index in [-0.39, 0.29) is 11.5 Å². The van der Waals surface area contributed by atoms with Crippen molar-refractivity contribution in [3.63, 3.8) is 0 Å². The predicted molar refractivity (Wildman–Crippen MR) is 49.8 cm³/mol. The summed E-state index contributed by atoms with van der Waals surface area (Å²) in [6.07, 6.45) is 2.99. The molecule has 3 aliphatic carbocycles. The molecule has 0 aromatic rings. The highest BCUT2D eigenvalue weighted by molar-refractivity contribution is 5.29. The molecule has 2 bridgehead atoms. The third kappa shape index (κ3) is 0.646. The van der Waals surface area contributed by atoms with Crippen molar-refractivity contribution in [1.82, 2.24) is 0 Å². The normalized spacial score (nSPS) is 49.6. The Morgan fingerprint density at radius 2 is 2.00 bits per heavy atom. The molecule has 3 aliphatic rings. The van der Waals surface area contributed by atoms with Gasteiger partial charge in [0.15, 0.2) is 0 Å². The fourth-order valence-electron chi connectivity index (χ4n) is 2.99. The smallest absolute Gasteiger partial charge is 0.0782 e. The minimum Gasteiger partial charge on any atom is -0.388 e. The monoisotopic (exact) mass is 166 g/mol. The third-order valence-electron chi connectivity index (χ3n) is 4.59. The van der Waals surface area contributed by atoms with E-state index in [9.17, 15) is 5.11 Å². The number of aliphatic hydroxyl groups excluding tert-OH is 1. The number of hydrogen-bond donors (Lipinski definition) is 1. The van der Waals surface area contributed by atoms with Gasteiger partial charge >= 0.3 is 0 Å². The Bertz CT molecular complexity index is 252. The van der Waals surface area contributed by atoms with Gasteiger partial charge in [-0.25, -0.2) is 0 Å². The van der Waals surface area contributed by atoms with E-state index in [4.69, 9.17) is 0 Å². The van der Waals surface area contributed by atoms with Gasteiger partial charge in [-0.1, -0.05) is 32.4 Å². The maximum Gasteiger partial charge on any atom is 0.0782 e. The Balaban J connectivity index is 2.44. The summed E-state index contributed by atoms with van der Waals surface area (Å²) in [5.74, 6) is 0.714. The van der Waals surface area contributed by atoms with E-state index >= 15 is 0 Å². The number of aliphatic hydroxyl groups is 1. The predicted octanol–water partition coefficient (Wildman–Crippen LogP) is 2.36. The SMILES string of the molecule is CC1=C[C@H](O)[C@@]2(C)C[C@@H]1C2(C)C. The summed E-state index contributed by atoms with van der Waals surface area (Å²) in [6.45, 7) is 8.91. The zero-order valence-corrected chi connectivity index (χ0v) is 8.39. The molecule has 1 N–H and O–H groups in total. The van der Waals surface area contributed by atoms with Crippen molar-refractivity contribution in [3.8, 4) is 0 Å². The van der Waals surface area contributed by atoms with Crippen LogP contribution in [-0.4, -0.2) is 11.2 Å². The molecule has 1 nitrogen and oxygen atoms in total. The molecule has 0 amide bonds. The molecule has 0 heterocycles. The quantitative estimate of drug-likeness (QED) is 0.548. The fraction of sp³-hybridized carbons (Fsp3) is 0.818. The van der Waals surface area contributed by atoms with Crippen LogP contribution in [0.4, 0.5) is 0 Å². The van der Waals surface area contributed by atoms with Crippen molar-refractivity contribution in [2.24, 2.45) is 16.7 Å². The van der Waals surface area contributed by atoms with Crippen LogP contribution >= 0.6 is 0 Å². The fourth-order valence-corrected chi connectivity index (χ4v) is 2.99. The van der Waals surface area contributed by atoms with Crippen LogP contribution in [0.1, 0.15) is 34.1 Å². The molecule has 0 aliphatic heterocycles. The highest BCUT2D eigenvalue weighted by Crippen LogP contribution is 2.67. The highest BCUT2D eigenvalue weighted by atomic mass is 16.3. The first-order valence-corrected chi connectivity index (χ1v) is 4.76. The first kappa shape index (κ1) is 8.31. The molecular formula is C11H18O. The van der Waals surface area contributed by atoms with Crippen LogP contribution in [0.5, 0.6) is 0 Å². The Labute approximate surface area is 74.5 Å². The van der Waals surface area contributed by atoms with Gasteiger partial charge in [-0.3, -0.25) is 0 Å². The van der Waals surface area contributed by atoms with Gasteiger partial charge in [0.05, 0.1) is 6.10 Å². The molecule has 12 heavy (non-hydrogen) atoms. The summed E-state index contributed by atoms with van der Waals surface area (Å²) in [5, 5.41) is 9.90. The summed E-state index contributed by atoms with van der Waals surface area (Å²) in [4.78, 5) is 0. The van der Waals surface area contributed by atoms with Crippen molar-refractivity contribution >= 4 is 0 Å². The van der Waals surface area contributed by atoms with Gasteiger partial charge in [-0.2, -0.15) is 0 Å². The number of hydrogen-bond acceptors (Lipinski definition) is 1. The zero-order chi connectivity index (χ0) is 9.15. The topological polar surface area (TPSA) is 20.2 Å². The van der Waals surface area contributed by atoms with Crippen molar-refractivity contribution in [2.45, 2.75) is 40.2 Å². The summed E-state index contributed by atoms with van der Waals surface area (Å²) in [5.41, 5.74) is 1.82. The maximum atomic E-state index is 9.90. The van der Waals surface area contributed by atoms with Crippen LogP contribution in [0.15, 0.2) is 11.6 Å². The molecule has 0 spiro atoms. The molecule has 1 heteroatoms. The lowest BCUT2D eigenvalue weighted by atomic mass is 9.40. The molecule has 0 aromatic heterocycles. The average Bonchev–Trinajstić information content (AvgIpc) is 1.96. The van der Waals surface area contributed by atoms with Crippen LogP contribution in [-0.2, 0) is 0 Å². The lowest BCUT2D eigenvalue weighted by Crippen LogP contribution is -2.61. The zero-order valence-electron chi connectivity index (χ0n) is 8.39. The molecule has 3 atom stereocenters. The molecule has 68 valence electrons. The van der Waals surface area contributed by atoms with Crippen LogP contribution in [0.25, 0.3) is 0 Å². The maximum absolute atomic E-state index is 9.90. The number of rotatable bonds is 0. The first-order chi connectivity index (χ1) is 5.39. The van der Waals surface area contributed by atoms with Crippen molar-refractivity contribution in [1.29, 1.82) is 0 Å². The Morgan fingerprint density at radius 1 is 1.42 bits per heavy atom. The Kier molecular flexibility index (Phi) is 1.35. The van der Waals surface area contributed by atoms with Crippen LogP contribution in [0, 0.1) is 16.7 Å². The number of allylic oxidation sites excluding steroid dienone is 1. The molecule has 0 aromatic carbocycles. The van der Waals surface area contributed by atoms with Crippen molar-refractivity contribution < 1.29 is 5.11 Å². The van der Waals surface area contributed by atoms with Gasteiger partial charge in [-0.15, -0.1) is 0 Å². The van der Waals surface area contributed by atoms with Crippen molar-refractivity contribution in [2.75, 3.05) is 0 Å². The van der Waals surface area contributed by atoms with Gasteiger partial charge in [0.25, 0.3) is 0 Å². The van der Waals surface area contributed by atoms with E-state index < -0.39 is 0 Å². The molecule has 3 rings (SSSR count). The lowest BCUT2D eigenvalue weighted by molar-refractivity contribution is -0.160. The molecule has 0 radical (unpaired) electrons. The van der Waals surface area contributed by atoms with Crippen LogP contribution in [0.3, 0.4) is 0 Å². The van der Waals surface area contributed by atoms with E-state index in [1.807, 2.05) is 6.08 Å². The molecular weight excluding hydrogens is 148 g/mol. The van der Waals surface area contributed by atoms with Gasteiger partial charge in [-0.05, 0) is 24.7 Å². The summed E-state index contributed by atoms with van der Waals surface area (Å²) in [7, 11) is 0. The number of fused-ring (bicyclic) bond motifs is 1. The average molecular weight is 166 g/mol. The second kappa shape index (κ2) is 1.95. The Hall–Kier alpha value is -0.300. The van der Waals surface area contributed by atoms with Crippen LogP contribution < -0.4 is 0 Å². The summed E-state index contributed by atoms with van der Waals surface area (Å²) < 4.78 is 0. The second-order valence-electron chi connectivity index (χ2n) is 5.25. The third-order valence-corrected chi connectivity index (χ3v) is 4.59. The Morgan fingerprint density at radius 3 is 2.42 bits per heavy atom. The molecule has 0 unspecified atom stereocenters. The van der Waals surface area contributed by atoms with E-state index in [0.717, 1.165) is 0 Å². The lowest BCUT2D eigenvalue weighted by Gasteiger charge is -2.65. The van der Waals surface area contributed by atoms with Gasteiger partial charge in [0.1, 0.15) is 0 Å². The summed E-state index contributed by atoms with van der Waals surface area (Å²) in [6, 6.07) is 0. The minimum absolute atomic E-state index is 0.136. The largest absolute Gasteiger partial charge is 0.388 e. The van der Waals surface area contributed by atoms with E-state index in [0.29, 0.717) is 11.3 Å². The minimum atomic E-state index is -0.225. The highest BCUT2D eigenvalue weighted by Gasteiger charge is 2.62. The molecule has 1 saturated carbocycles. The molecule has 1 fully saturated rings. The standard InChI is InChI=1S/C11H18O/c1-7-5-9(12)11(4)6-8(7)10(11,2)3/h5,8-9,12H,6H2,1-4H3/t8-,9-,11+/m0/s1.